The molecule has 2 aromatic carbocycles. The molecule has 4 heteroatoms. The van der Waals surface area contributed by atoms with E-state index in [0.717, 1.165) is 22.9 Å². The van der Waals surface area contributed by atoms with Gasteiger partial charge in [0.1, 0.15) is 17.4 Å². The molecule has 0 fully saturated rings. The molecule has 1 N–H and O–H groups in total. The first-order chi connectivity index (χ1) is 10.0. The predicted molar refractivity (Wildman–Crippen MR) is 79.6 cm³/mol. The summed E-state index contributed by atoms with van der Waals surface area (Å²) < 4.78 is 32.3. The lowest BCUT2D eigenvalue weighted by atomic mass is 9.97. The van der Waals surface area contributed by atoms with Gasteiger partial charge in [0, 0.05) is 17.7 Å². The standard InChI is InChI=1S/C17H19F2NO/c1-11-4-7-17(21-3)12(8-11)9-16(20-2)14-6-5-13(18)10-15(14)19/h4-8,10,16,20H,9H2,1-3H3. The van der Waals surface area contributed by atoms with Gasteiger partial charge in [-0.15, -0.1) is 0 Å². The number of rotatable bonds is 5. The second-order valence-electron chi connectivity index (χ2n) is 5.03. The van der Waals surface area contributed by atoms with Crippen LogP contribution >= 0.6 is 0 Å². The quantitative estimate of drug-likeness (QED) is 0.905. The van der Waals surface area contributed by atoms with Gasteiger partial charge in [-0.1, -0.05) is 23.8 Å². The van der Waals surface area contributed by atoms with Gasteiger partial charge in [-0.05, 0) is 38.1 Å². The monoisotopic (exact) mass is 291 g/mol. The second kappa shape index (κ2) is 6.68. The summed E-state index contributed by atoms with van der Waals surface area (Å²) in [5.74, 6) is -0.344. The maximum absolute atomic E-state index is 13.9. The summed E-state index contributed by atoms with van der Waals surface area (Å²) in [5.41, 5.74) is 2.54. The molecular formula is C17H19F2NO. The molecule has 0 aliphatic rings. The highest BCUT2D eigenvalue weighted by atomic mass is 19.1. The molecule has 0 saturated carbocycles. The van der Waals surface area contributed by atoms with Gasteiger partial charge >= 0.3 is 0 Å². The average molecular weight is 291 g/mol. The molecule has 112 valence electrons. The van der Waals surface area contributed by atoms with Crippen LogP contribution in [-0.2, 0) is 6.42 Å². The van der Waals surface area contributed by atoms with Crippen LogP contribution in [0.4, 0.5) is 8.78 Å². The number of hydrogen-bond donors (Lipinski definition) is 1. The molecule has 1 atom stereocenters. The van der Waals surface area contributed by atoms with Gasteiger partial charge in [-0.2, -0.15) is 0 Å². The van der Waals surface area contributed by atoms with Crippen LogP contribution in [-0.4, -0.2) is 14.2 Å². The molecule has 1 unspecified atom stereocenters. The van der Waals surface area contributed by atoms with Gasteiger partial charge in [0.2, 0.25) is 0 Å². The van der Waals surface area contributed by atoms with Gasteiger partial charge in [-0.3, -0.25) is 0 Å². The minimum Gasteiger partial charge on any atom is -0.496 e. The van der Waals surface area contributed by atoms with E-state index in [1.807, 2.05) is 25.1 Å². The third-order valence-corrected chi connectivity index (χ3v) is 3.55. The first kappa shape index (κ1) is 15.4. The fourth-order valence-electron chi connectivity index (χ4n) is 2.44. The van der Waals surface area contributed by atoms with Crippen molar-refractivity contribution in [2.75, 3.05) is 14.2 Å². The topological polar surface area (TPSA) is 21.3 Å². The Morgan fingerprint density at radius 1 is 1.14 bits per heavy atom. The Bertz CT molecular complexity index is 628. The van der Waals surface area contributed by atoms with Crippen molar-refractivity contribution >= 4 is 0 Å². The summed E-state index contributed by atoms with van der Waals surface area (Å²) in [4.78, 5) is 0. The summed E-state index contributed by atoms with van der Waals surface area (Å²) >= 11 is 0. The third-order valence-electron chi connectivity index (χ3n) is 3.55. The molecule has 0 bridgehead atoms. The Hall–Kier alpha value is -1.94. The van der Waals surface area contributed by atoms with Crippen LogP contribution in [0, 0.1) is 18.6 Å². The van der Waals surface area contributed by atoms with Crippen LogP contribution in [0.3, 0.4) is 0 Å². The number of likely N-dealkylation sites (N-methyl/N-ethyl adjacent to an activating group) is 1. The van der Waals surface area contributed by atoms with E-state index in [1.54, 1.807) is 14.2 Å². The highest BCUT2D eigenvalue weighted by Crippen LogP contribution is 2.27. The zero-order valence-corrected chi connectivity index (χ0v) is 12.4. The number of ether oxygens (including phenoxy) is 1. The van der Waals surface area contributed by atoms with Crippen molar-refractivity contribution in [2.24, 2.45) is 0 Å². The van der Waals surface area contributed by atoms with E-state index in [0.29, 0.717) is 12.0 Å². The zero-order chi connectivity index (χ0) is 15.4. The molecule has 2 aromatic rings. The van der Waals surface area contributed by atoms with Crippen molar-refractivity contribution in [3.8, 4) is 5.75 Å². The van der Waals surface area contributed by atoms with Gasteiger partial charge < -0.3 is 10.1 Å². The van der Waals surface area contributed by atoms with E-state index >= 15 is 0 Å². The third kappa shape index (κ3) is 3.58. The molecule has 0 spiro atoms. The van der Waals surface area contributed by atoms with Crippen molar-refractivity contribution in [1.82, 2.24) is 5.32 Å². The molecular weight excluding hydrogens is 272 g/mol. The predicted octanol–water partition coefficient (Wildman–Crippen LogP) is 3.79. The van der Waals surface area contributed by atoms with Gasteiger partial charge in [0.15, 0.2) is 0 Å². The molecule has 0 aliphatic carbocycles. The smallest absolute Gasteiger partial charge is 0.130 e. The number of aryl methyl sites for hydroxylation is 1. The fraction of sp³-hybridized carbons (Fsp3) is 0.294. The van der Waals surface area contributed by atoms with E-state index in [-0.39, 0.29) is 6.04 Å². The van der Waals surface area contributed by atoms with Crippen molar-refractivity contribution < 1.29 is 13.5 Å². The van der Waals surface area contributed by atoms with Crippen LogP contribution in [0.1, 0.15) is 22.7 Å². The van der Waals surface area contributed by atoms with E-state index in [4.69, 9.17) is 4.74 Å². The number of nitrogens with one attached hydrogen (secondary N) is 1. The lowest BCUT2D eigenvalue weighted by Gasteiger charge is -2.19. The van der Waals surface area contributed by atoms with Crippen LogP contribution in [0.15, 0.2) is 36.4 Å². The van der Waals surface area contributed by atoms with Gasteiger partial charge in [0.25, 0.3) is 0 Å². The molecule has 2 rings (SSSR count). The number of halogens is 2. The van der Waals surface area contributed by atoms with E-state index in [9.17, 15) is 8.78 Å². The van der Waals surface area contributed by atoms with Crippen LogP contribution in [0.25, 0.3) is 0 Å². The minimum atomic E-state index is -0.570. The zero-order valence-electron chi connectivity index (χ0n) is 12.4. The Balaban J connectivity index is 2.33. The second-order valence-corrected chi connectivity index (χ2v) is 5.03. The molecule has 0 heterocycles. The molecule has 0 aromatic heterocycles. The normalized spacial score (nSPS) is 12.2. The Morgan fingerprint density at radius 2 is 1.90 bits per heavy atom. The van der Waals surface area contributed by atoms with Gasteiger partial charge in [-0.25, -0.2) is 8.78 Å². The Kier molecular flexibility index (Phi) is 4.91. The molecule has 0 radical (unpaired) electrons. The van der Waals surface area contributed by atoms with Crippen molar-refractivity contribution in [2.45, 2.75) is 19.4 Å². The van der Waals surface area contributed by atoms with Crippen LogP contribution in [0.2, 0.25) is 0 Å². The van der Waals surface area contributed by atoms with E-state index in [2.05, 4.69) is 5.32 Å². The lowest BCUT2D eigenvalue weighted by Crippen LogP contribution is -2.20. The van der Waals surface area contributed by atoms with Crippen LogP contribution in [0.5, 0.6) is 5.75 Å². The summed E-state index contributed by atoms with van der Waals surface area (Å²) in [6, 6.07) is 9.30. The van der Waals surface area contributed by atoms with Crippen molar-refractivity contribution in [3.05, 3.63) is 64.7 Å². The summed E-state index contributed by atoms with van der Waals surface area (Å²) in [7, 11) is 3.37. The van der Waals surface area contributed by atoms with E-state index in [1.165, 1.54) is 12.1 Å². The summed E-state index contributed by atoms with van der Waals surface area (Å²) in [6.45, 7) is 2.00. The number of benzene rings is 2. The molecule has 2 nitrogen and oxygen atoms in total. The maximum atomic E-state index is 13.9. The lowest BCUT2D eigenvalue weighted by molar-refractivity contribution is 0.405. The van der Waals surface area contributed by atoms with Crippen molar-refractivity contribution in [3.63, 3.8) is 0 Å². The minimum absolute atomic E-state index is 0.249. The highest BCUT2D eigenvalue weighted by molar-refractivity contribution is 5.38. The average Bonchev–Trinajstić information content (AvgIpc) is 2.45. The molecule has 0 amide bonds. The maximum Gasteiger partial charge on any atom is 0.130 e. The highest BCUT2D eigenvalue weighted by Gasteiger charge is 2.17. The molecule has 0 saturated heterocycles. The Labute approximate surface area is 123 Å². The van der Waals surface area contributed by atoms with E-state index < -0.39 is 11.6 Å². The number of hydrogen-bond acceptors (Lipinski definition) is 2. The first-order valence-electron chi connectivity index (χ1n) is 6.81. The largest absolute Gasteiger partial charge is 0.496 e. The Morgan fingerprint density at radius 3 is 2.52 bits per heavy atom. The summed E-state index contributed by atoms with van der Waals surface area (Å²) in [5, 5.41) is 3.08. The molecule has 21 heavy (non-hydrogen) atoms. The van der Waals surface area contributed by atoms with Crippen molar-refractivity contribution in [1.29, 1.82) is 0 Å². The summed E-state index contributed by atoms with van der Waals surface area (Å²) in [6.07, 6.45) is 0.559. The SMILES string of the molecule is CNC(Cc1cc(C)ccc1OC)c1ccc(F)cc1F. The molecule has 0 aliphatic heterocycles. The fourth-order valence-corrected chi connectivity index (χ4v) is 2.44. The first-order valence-corrected chi connectivity index (χ1v) is 6.81. The van der Waals surface area contributed by atoms with Gasteiger partial charge in [0.05, 0.1) is 7.11 Å². The number of methoxy groups -OCH3 is 1. The van der Waals surface area contributed by atoms with Crippen LogP contribution < -0.4 is 10.1 Å².